The quantitative estimate of drug-likeness (QED) is 0.822. The van der Waals surface area contributed by atoms with Crippen molar-refractivity contribution in [2.75, 3.05) is 32.8 Å². The van der Waals surface area contributed by atoms with Crippen LogP contribution in [-0.4, -0.2) is 42.9 Å². The third kappa shape index (κ3) is 4.87. The molecule has 1 unspecified atom stereocenters. The molecule has 1 fully saturated rings. The second-order valence-electron chi connectivity index (χ2n) is 5.94. The smallest absolute Gasteiger partial charge is 0.119 e. The van der Waals surface area contributed by atoms with E-state index in [2.05, 4.69) is 4.90 Å². The van der Waals surface area contributed by atoms with Gasteiger partial charge in [0.15, 0.2) is 0 Å². The van der Waals surface area contributed by atoms with Crippen molar-refractivity contribution in [1.82, 2.24) is 4.90 Å². The lowest BCUT2D eigenvalue weighted by Gasteiger charge is -2.32. The number of hydrogen-bond donors (Lipinski definition) is 1. The fraction of sp³-hybridized carbons (Fsp3) is 0.368. The molecule has 1 heterocycles. The van der Waals surface area contributed by atoms with Crippen LogP contribution < -0.4 is 4.74 Å². The molecule has 134 valence electrons. The Kier molecular flexibility index (Phi) is 6.57. The molecule has 1 aliphatic heterocycles. The molecule has 0 saturated carbocycles. The van der Waals surface area contributed by atoms with E-state index in [0.717, 1.165) is 30.0 Å². The van der Waals surface area contributed by atoms with E-state index < -0.39 is 0 Å². The Balaban J connectivity index is 1.60. The number of aliphatic hydroxyl groups excluding tert-OH is 1. The molecule has 1 atom stereocenters. The van der Waals surface area contributed by atoms with Gasteiger partial charge in [-0.25, -0.2) is 0 Å². The first kappa shape index (κ1) is 18.5. The van der Waals surface area contributed by atoms with E-state index in [1.165, 1.54) is 0 Å². The molecule has 3 rings (SSSR count). The van der Waals surface area contributed by atoms with E-state index in [4.69, 9.17) is 37.8 Å². The molecule has 2 aromatic rings. The summed E-state index contributed by atoms with van der Waals surface area (Å²) in [6.45, 7) is 3.49. The number of benzene rings is 2. The standard InChI is InChI=1S/C19H21Cl2NO3/c20-17-2-1-3-18(21)16(17)13-25-15-6-4-14(5-7-15)19-12-22(8-10-23)9-11-24-19/h1-7,19,23H,8-13H2. The van der Waals surface area contributed by atoms with Gasteiger partial charge in [-0.2, -0.15) is 0 Å². The van der Waals surface area contributed by atoms with Crippen molar-refractivity contribution >= 4 is 23.2 Å². The lowest BCUT2D eigenvalue weighted by Crippen LogP contribution is -2.39. The van der Waals surface area contributed by atoms with Gasteiger partial charge in [-0.05, 0) is 29.8 Å². The van der Waals surface area contributed by atoms with Crippen molar-refractivity contribution in [2.45, 2.75) is 12.7 Å². The van der Waals surface area contributed by atoms with Crippen molar-refractivity contribution in [1.29, 1.82) is 0 Å². The van der Waals surface area contributed by atoms with E-state index in [9.17, 15) is 0 Å². The van der Waals surface area contributed by atoms with Gasteiger partial charge in [0.25, 0.3) is 0 Å². The summed E-state index contributed by atoms with van der Waals surface area (Å²) in [4.78, 5) is 2.21. The second-order valence-corrected chi connectivity index (χ2v) is 6.76. The third-order valence-corrected chi connectivity index (χ3v) is 4.97. The fourth-order valence-corrected chi connectivity index (χ4v) is 3.36. The van der Waals surface area contributed by atoms with Crippen LogP contribution in [0.15, 0.2) is 42.5 Å². The Labute approximate surface area is 157 Å². The zero-order valence-corrected chi connectivity index (χ0v) is 15.3. The number of hydrogen-bond acceptors (Lipinski definition) is 4. The van der Waals surface area contributed by atoms with Gasteiger partial charge in [0.05, 0.1) is 19.3 Å². The summed E-state index contributed by atoms with van der Waals surface area (Å²) in [5, 5.41) is 10.3. The van der Waals surface area contributed by atoms with Crippen molar-refractivity contribution in [3.05, 3.63) is 63.6 Å². The molecular formula is C19H21Cl2NO3. The Bertz CT molecular complexity index is 671. The number of aliphatic hydroxyl groups is 1. The highest BCUT2D eigenvalue weighted by molar-refractivity contribution is 6.35. The summed E-state index contributed by atoms with van der Waals surface area (Å²) in [6, 6.07) is 13.3. The van der Waals surface area contributed by atoms with E-state index >= 15 is 0 Å². The first-order valence-electron chi connectivity index (χ1n) is 8.28. The average Bonchev–Trinajstić information content (AvgIpc) is 2.62. The number of morpholine rings is 1. The molecule has 25 heavy (non-hydrogen) atoms. The molecule has 0 bridgehead atoms. The zero-order valence-electron chi connectivity index (χ0n) is 13.8. The van der Waals surface area contributed by atoms with Crippen LogP contribution in [-0.2, 0) is 11.3 Å². The molecule has 0 radical (unpaired) electrons. The minimum Gasteiger partial charge on any atom is -0.489 e. The predicted octanol–water partition coefficient (Wildman–Crippen LogP) is 3.94. The Morgan fingerprint density at radius 3 is 2.52 bits per heavy atom. The lowest BCUT2D eigenvalue weighted by molar-refractivity contribution is -0.0338. The van der Waals surface area contributed by atoms with E-state index in [1.54, 1.807) is 12.1 Å². The van der Waals surface area contributed by atoms with E-state index in [1.807, 2.05) is 30.3 Å². The highest BCUT2D eigenvalue weighted by Gasteiger charge is 2.21. The van der Waals surface area contributed by atoms with Gasteiger partial charge in [0.1, 0.15) is 12.4 Å². The molecule has 6 heteroatoms. The van der Waals surface area contributed by atoms with Gasteiger partial charge >= 0.3 is 0 Å². The third-order valence-electron chi connectivity index (χ3n) is 4.26. The topological polar surface area (TPSA) is 41.9 Å². The molecule has 0 amide bonds. The average molecular weight is 382 g/mol. The van der Waals surface area contributed by atoms with E-state index in [0.29, 0.717) is 29.8 Å². The molecule has 0 aliphatic carbocycles. The first-order valence-corrected chi connectivity index (χ1v) is 9.03. The molecule has 0 spiro atoms. The Hall–Kier alpha value is -1.30. The van der Waals surface area contributed by atoms with Crippen molar-refractivity contribution in [2.24, 2.45) is 0 Å². The van der Waals surface area contributed by atoms with Gasteiger partial charge in [-0.1, -0.05) is 41.4 Å². The molecule has 4 nitrogen and oxygen atoms in total. The summed E-state index contributed by atoms with van der Waals surface area (Å²) >= 11 is 12.3. The highest BCUT2D eigenvalue weighted by Crippen LogP contribution is 2.27. The normalized spacial score (nSPS) is 18.3. The maximum atomic E-state index is 9.09. The van der Waals surface area contributed by atoms with E-state index in [-0.39, 0.29) is 12.7 Å². The Morgan fingerprint density at radius 1 is 1.12 bits per heavy atom. The van der Waals surface area contributed by atoms with Crippen LogP contribution in [0.4, 0.5) is 0 Å². The number of β-amino-alcohol motifs (C(OH)–C–C–N with tert-alkyl or cyclic N) is 1. The number of rotatable bonds is 6. The van der Waals surface area contributed by atoms with Crippen LogP contribution in [0.3, 0.4) is 0 Å². The molecule has 0 aromatic heterocycles. The Morgan fingerprint density at radius 2 is 1.84 bits per heavy atom. The van der Waals surface area contributed by atoms with Gasteiger partial charge in [-0.15, -0.1) is 0 Å². The van der Waals surface area contributed by atoms with Gasteiger partial charge in [0.2, 0.25) is 0 Å². The predicted molar refractivity (Wildman–Crippen MR) is 99.5 cm³/mol. The minimum atomic E-state index is 0.0207. The monoisotopic (exact) mass is 381 g/mol. The van der Waals surface area contributed by atoms with Crippen LogP contribution >= 0.6 is 23.2 Å². The van der Waals surface area contributed by atoms with Crippen molar-refractivity contribution in [3.8, 4) is 5.75 Å². The fourth-order valence-electron chi connectivity index (χ4n) is 2.85. The van der Waals surface area contributed by atoms with Crippen LogP contribution in [0.5, 0.6) is 5.75 Å². The summed E-state index contributed by atoms with van der Waals surface area (Å²) in [7, 11) is 0. The number of halogens is 2. The number of nitrogens with zero attached hydrogens (tertiary/aromatic N) is 1. The summed E-state index contributed by atoms with van der Waals surface area (Å²) in [5.74, 6) is 0.753. The second kappa shape index (κ2) is 8.88. The van der Waals surface area contributed by atoms with Crippen LogP contribution in [0, 0.1) is 0 Å². The van der Waals surface area contributed by atoms with Crippen molar-refractivity contribution in [3.63, 3.8) is 0 Å². The largest absolute Gasteiger partial charge is 0.489 e. The summed E-state index contributed by atoms with van der Waals surface area (Å²) < 4.78 is 11.6. The first-order chi connectivity index (χ1) is 12.2. The maximum absolute atomic E-state index is 9.09. The maximum Gasteiger partial charge on any atom is 0.119 e. The molecule has 1 N–H and O–H groups in total. The highest BCUT2D eigenvalue weighted by atomic mass is 35.5. The molecule has 1 aliphatic rings. The van der Waals surface area contributed by atoms with Crippen LogP contribution in [0.1, 0.15) is 17.2 Å². The van der Waals surface area contributed by atoms with Gasteiger partial charge in [0, 0.05) is 35.2 Å². The lowest BCUT2D eigenvalue weighted by atomic mass is 10.1. The molecule has 2 aromatic carbocycles. The minimum absolute atomic E-state index is 0.0207. The van der Waals surface area contributed by atoms with Gasteiger partial charge in [-0.3, -0.25) is 4.90 Å². The SMILES string of the molecule is OCCN1CCOC(c2ccc(OCc3c(Cl)cccc3Cl)cc2)C1. The summed E-state index contributed by atoms with van der Waals surface area (Å²) in [5.41, 5.74) is 1.89. The summed E-state index contributed by atoms with van der Waals surface area (Å²) in [6.07, 6.45) is 0.0207. The zero-order chi connectivity index (χ0) is 17.6. The van der Waals surface area contributed by atoms with Crippen LogP contribution in [0.2, 0.25) is 10.0 Å². The van der Waals surface area contributed by atoms with Crippen molar-refractivity contribution < 1.29 is 14.6 Å². The molecule has 1 saturated heterocycles. The van der Waals surface area contributed by atoms with Gasteiger partial charge < -0.3 is 14.6 Å². The number of ether oxygens (including phenoxy) is 2. The molecular weight excluding hydrogens is 361 g/mol. The van der Waals surface area contributed by atoms with Crippen LogP contribution in [0.25, 0.3) is 0 Å².